The van der Waals surface area contributed by atoms with Crippen molar-refractivity contribution in [2.75, 3.05) is 0 Å². The summed E-state index contributed by atoms with van der Waals surface area (Å²) in [5, 5.41) is 7.42. The number of nitrogens with two attached hydrogens (primary N) is 1. The van der Waals surface area contributed by atoms with Crippen LogP contribution >= 0.6 is 0 Å². The monoisotopic (exact) mass is 236 g/mol. The zero-order valence-corrected chi connectivity index (χ0v) is 9.71. The molecule has 0 amide bonds. The lowest BCUT2D eigenvalue weighted by molar-refractivity contribution is 0.154. The van der Waals surface area contributed by atoms with Gasteiger partial charge in [-0.1, -0.05) is 6.42 Å². The first kappa shape index (κ1) is 11.9. The summed E-state index contributed by atoms with van der Waals surface area (Å²) in [5.74, 6) is -0.0349. The van der Waals surface area contributed by atoms with Gasteiger partial charge >= 0.3 is 0 Å². The summed E-state index contributed by atoms with van der Waals surface area (Å²) in [6.07, 6.45) is 5.81. The molecule has 3 nitrogen and oxygen atoms in total. The maximum absolute atomic E-state index is 13.1. The molecule has 0 atom stereocenters. The maximum atomic E-state index is 13.1. The van der Waals surface area contributed by atoms with Crippen molar-refractivity contribution >= 4 is 5.84 Å². The minimum atomic E-state index is -0.397. The van der Waals surface area contributed by atoms with Crippen molar-refractivity contribution in [1.29, 1.82) is 5.41 Å². The normalized spacial score (nSPS) is 16.8. The van der Waals surface area contributed by atoms with E-state index in [0.29, 0.717) is 11.3 Å². The van der Waals surface area contributed by atoms with E-state index in [0.717, 1.165) is 12.8 Å². The second-order valence-corrected chi connectivity index (χ2v) is 4.43. The van der Waals surface area contributed by atoms with Gasteiger partial charge in [0.2, 0.25) is 0 Å². The molecular formula is C13H17FN2O. The third-order valence-corrected chi connectivity index (χ3v) is 3.08. The summed E-state index contributed by atoms with van der Waals surface area (Å²) in [7, 11) is 0. The minimum absolute atomic E-state index is 0.157. The first-order valence-electron chi connectivity index (χ1n) is 5.97. The van der Waals surface area contributed by atoms with Crippen LogP contribution in [0.15, 0.2) is 18.2 Å². The first-order chi connectivity index (χ1) is 8.16. The smallest absolute Gasteiger partial charge is 0.130 e. The fourth-order valence-corrected chi connectivity index (χ4v) is 2.18. The Balaban J connectivity index is 2.16. The van der Waals surface area contributed by atoms with Gasteiger partial charge in [-0.2, -0.15) is 0 Å². The van der Waals surface area contributed by atoms with Gasteiger partial charge < -0.3 is 10.5 Å². The number of amidine groups is 1. The predicted molar refractivity (Wildman–Crippen MR) is 64.9 cm³/mol. The van der Waals surface area contributed by atoms with Crippen LogP contribution in [-0.4, -0.2) is 11.9 Å². The van der Waals surface area contributed by atoms with E-state index in [2.05, 4.69) is 0 Å². The van der Waals surface area contributed by atoms with Gasteiger partial charge in [0, 0.05) is 0 Å². The standard InChI is InChI=1S/C13H17FN2O/c14-9-6-7-12(11(8-9)13(15)16)17-10-4-2-1-3-5-10/h6-8,10H,1-5H2,(H3,15,16). The predicted octanol–water partition coefficient (Wildman–Crippen LogP) is 2.82. The van der Waals surface area contributed by atoms with Crippen molar-refractivity contribution in [3.05, 3.63) is 29.6 Å². The SMILES string of the molecule is N=C(N)c1cc(F)ccc1OC1CCCCC1. The molecule has 1 aliphatic carbocycles. The quantitative estimate of drug-likeness (QED) is 0.626. The summed E-state index contributed by atoms with van der Waals surface area (Å²) < 4.78 is 18.9. The van der Waals surface area contributed by atoms with Gasteiger partial charge in [0.05, 0.1) is 11.7 Å². The Morgan fingerprint density at radius 1 is 1.29 bits per heavy atom. The van der Waals surface area contributed by atoms with Gasteiger partial charge in [0.1, 0.15) is 17.4 Å². The average Bonchev–Trinajstić information content (AvgIpc) is 2.32. The molecule has 1 fully saturated rings. The van der Waals surface area contributed by atoms with Crippen LogP contribution in [0.4, 0.5) is 4.39 Å². The van der Waals surface area contributed by atoms with Crippen molar-refractivity contribution in [1.82, 2.24) is 0 Å². The molecule has 1 aliphatic rings. The van der Waals surface area contributed by atoms with Crippen LogP contribution in [0.1, 0.15) is 37.7 Å². The van der Waals surface area contributed by atoms with Gasteiger partial charge in [-0.3, -0.25) is 5.41 Å². The van der Waals surface area contributed by atoms with Crippen LogP contribution in [0.3, 0.4) is 0 Å². The zero-order valence-electron chi connectivity index (χ0n) is 9.71. The highest BCUT2D eigenvalue weighted by Gasteiger charge is 2.17. The lowest BCUT2D eigenvalue weighted by Gasteiger charge is -2.24. The van der Waals surface area contributed by atoms with Crippen LogP contribution < -0.4 is 10.5 Å². The Morgan fingerprint density at radius 2 is 2.00 bits per heavy atom. The zero-order chi connectivity index (χ0) is 12.3. The highest BCUT2D eigenvalue weighted by Crippen LogP contribution is 2.26. The lowest BCUT2D eigenvalue weighted by atomic mass is 9.97. The molecule has 3 N–H and O–H groups in total. The minimum Gasteiger partial charge on any atom is -0.490 e. The highest BCUT2D eigenvalue weighted by atomic mass is 19.1. The third kappa shape index (κ3) is 2.96. The van der Waals surface area contributed by atoms with E-state index in [1.807, 2.05) is 0 Å². The Morgan fingerprint density at radius 3 is 2.65 bits per heavy atom. The molecule has 1 aromatic carbocycles. The molecule has 0 saturated heterocycles. The fraction of sp³-hybridized carbons (Fsp3) is 0.462. The summed E-state index contributed by atoms with van der Waals surface area (Å²) in [5.41, 5.74) is 5.77. The number of rotatable bonds is 3. The molecular weight excluding hydrogens is 219 g/mol. The van der Waals surface area contributed by atoms with Crippen molar-refractivity contribution in [3.8, 4) is 5.75 Å². The van der Waals surface area contributed by atoms with E-state index in [1.165, 1.54) is 31.4 Å². The molecule has 4 heteroatoms. The molecule has 0 aromatic heterocycles. The van der Waals surface area contributed by atoms with Crippen molar-refractivity contribution in [2.24, 2.45) is 5.73 Å². The van der Waals surface area contributed by atoms with Crippen LogP contribution in [0.25, 0.3) is 0 Å². The third-order valence-electron chi connectivity index (χ3n) is 3.08. The van der Waals surface area contributed by atoms with Gasteiger partial charge in [-0.05, 0) is 43.9 Å². The molecule has 92 valence electrons. The van der Waals surface area contributed by atoms with Crippen molar-refractivity contribution in [2.45, 2.75) is 38.2 Å². The number of ether oxygens (including phenoxy) is 1. The fourth-order valence-electron chi connectivity index (χ4n) is 2.18. The molecule has 0 unspecified atom stereocenters. The van der Waals surface area contributed by atoms with Crippen molar-refractivity contribution in [3.63, 3.8) is 0 Å². The maximum Gasteiger partial charge on any atom is 0.130 e. The van der Waals surface area contributed by atoms with E-state index in [4.69, 9.17) is 15.9 Å². The van der Waals surface area contributed by atoms with Crippen LogP contribution in [0.5, 0.6) is 5.75 Å². The Kier molecular flexibility index (Phi) is 3.61. The number of benzene rings is 1. The first-order valence-corrected chi connectivity index (χ1v) is 5.97. The second kappa shape index (κ2) is 5.17. The summed E-state index contributed by atoms with van der Waals surface area (Å²) >= 11 is 0. The molecule has 0 spiro atoms. The summed E-state index contributed by atoms with van der Waals surface area (Å²) in [4.78, 5) is 0. The molecule has 1 aromatic rings. The number of halogens is 1. The molecule has 0 aliphatic heterocycles. The molecule has 0 bridgehead atoms. The van der Waals surface area contributed by atoms with E-state index >= 15 is 0 Å². The topological polar surface area (TPSA) is 59.1 Å². The Bertz CT molecular complexity index is 414. The molecule has 0 heterocycles. The number of nitrogens with one attached hydrogen (secondary N) is 1. The molecule has 1 saturated carbocycles. The second-order valence-electron chi connectivity index (χ2n) is 4.43. The Hall–Kier alpha value is -1.58. The van der Waals surface area contributed by atoms with Crippen LogP contribution in [-0.2, 0) is 0 Å². The van der Waals surface area contributed by atoms with Crippen LogP contribution in [0, 0.1) is 11.2 Å². The molecule has 0 radical (unpaired) electrons. The lowest BCUT2D eigenvalue weighted by Crippen LogP contribution is -2.22. The number of nitrogen functional groups attached to an aromatic ring is 1. The van der Waals surface area contributed by atoms with E-state index in [9.17, 15) is 4.39 Å². The summed E-state index contributed by atoms with van der Waals surface area (Å²) in [6.45, 7) is 0. The number of hydrogen-bond acceptors (Lipinski definition) is 2. The highest BCUT2D eigenvalue weighted by molar-refractivity contribution is 5.97. The van der Waals surface area contributed by atoms with Crippen LogP contribution in [0.2, 0.25) is 0 Å². The average molecular weight is 236 g/mol. The van der Waals surface area contributed by atoms with E-state index in [1.54, 1.807) is 6.07 Å². The van der Waals surface area contributed by atoms with Gasteiger partial charge in [0.25, 0.3) is 0 Å². The largest absolute Gasteiger partial charge is 0.490 e. The van der Waals surface area contributed by atoms with Gasteiger partial charge in [-0.25, -0.2) is 4.39 Å². The summed E-state index contributed by atoms with van der Waals surface area (Å²) in [6, 6.07) is 4.14. The molecule has 2 rings (SSSR count). The Labute approximate surface area is 100 Å². The molecule has 17 heavy (non-hydrogen) atoms. The van der Waals surface area contributed by atoms with E-state index in [-0.39, 0.29) is 11.9 Å². The number of hydrogen-bond donors (Lipinski definition) is 2. The van der Waals surface area contributed by atoms with Gasteiger partial charge in [0.15, 0.2) is 0 Å². The van der Waals surface area contributed by atoms with E-state index < -0.39 is 5.82 Å². The van der Waals surface area contributed by atoms with Crippen molar-refractivity contribution < 1.29 is 9.13 Å². The van der Waals surface area contributed by atoms with Gasteiger partial charge in [-0.15, -0.1) is 0 Å².